The van der Waals surface area contributed by atoms with Crippen molar-refractivity contribution in [2.24, 2.45) is 0 Å². The fourth-order valence-electron chi connectivity index (χ4n) is 1.02. The van der Waals surface area contributed by atoms with E-state index in [0.717, 1.165) is 16.2 Å². The van der Waals surface area contributed by atoms with E-state index in [1.165, 1.54) is 5.56 Å². The van der Waals surface area contributed by atoms with E-state index < -0.39 is 0 Å². The highest BCUT2D eigenvalue weighted by Crippen LogP contribution is 2.25. The zero-order chi connectivity index (χ0) is 8.43. The van der Waals surface area contributed by atoms with Gasteiger partial charge in [0.1, 0.15) is 5.75 Å². The Balaban J connectivity index is 3.24. The van der Waals surface area contributed by atoms with Crippen molar-refractivity contribution < 1.29 is 4.74 Å². The number of benzene rings is 1. The molecule has 1 rings (SSSR count). The fourth-order valence-corrected chi connectivity index (χ4v) is 1.33. The minimum atomic E-state index is 0.912. The summed E-state index contributed by atoms with van der Waals surface area (Å²) in [7, 11) is 1.68. The molecule has 0 spiro atoms. The Labute approximate surface area is 72.8 Å². The molecule has 0 radical (unpaired) electrons. The van der Waals surface area contributed by atoms with Gasteiger partial charge in [0.25, 0.3) is 0 Å². The van der Waals surface area contributed by atoms with Crippen molar-refractivity contribution in [3.8, 4) is 5.75 Å². The molecule has 60 valence electrons. The Bertz CT molecular complexity index is 269. The first-order valence-corrected chi connectivity index (χ1v) is 3.94. The zero-order valence-electron chi connectivity index (χ0n) is 7.01. The molecule has 0 fully saturated rings. The number of hydrogen-bond donors (Lipinski definition) is 1. The van der Waals surface area contributed by atoms with E-state index in [1.54, 1.807) is 7.11 Å². The lowest BCUT2D eigenvalue weighted by atomic mass is 10.1. The van der Waals surface area contributed by atoms with Crippen LogP contribution in [0.2, 0.25) is 0 Å². The van der Waals surface area contributed by atoms with Crippen LogP contribution in [0.1, 0.15) is 11.1 Å². The quantitative estimate of drug-likeness (QED) is 0.634. The molecule has 0 aliphatic heterocycles. The largest absolute Gasteiger partial charge is 0.496 e. The highest BCUT2D eigenvalue weighted by Gasteiger charge is 2.01. The van der Waals surface area contributed by atoms with Crippen molar-refractivity contribution in [1.29, 1.82) is 0 Å². The smallest absolute Gasteiger partial charge is 0.123 e. The Morgan fingerprint density at radius 1 is 1.27 bits per heavy atom. The molecule has 0 atom stereocenters. The average molecular weight is 168 g/mol. The number of methoxy groups -OCH3 is 1. The highest BCUT2D eigenvalue weighted by atomic mass is 32.1. The summed E-state index contributed by atoms with van der Waals surface area (Å²) in [6.45, 7) is 4.03. The lowest BCUT2D eigenvalue weighted by Gasteiger charge is -2.07. The summed E-state index contributed by atoms with van der Waals surface area (Å²) in [5.41, 5.74) is 2.28. The molecule has 0 heterocycles. The van der Waals surface area contributed by atoms with Crippen LogP contribution in [-0.4, -0.2) is 7.11 Å². The number of ether oxygens (including phenoxy) is 1. The third-order valence-corrected chi connectivity index (χ3v) is 2.16. The first-order chi connectivity index (χ1) is 5.15. The van der Waals surface area contributed by atoms with Crippen LogP contribution in [-0.2, 0) is 0 Å². The van der Waals surface area contributed by atoms with Gasteiger partial charge in [-0.2, -0.15) is 0 Å². The summed E-state index contributed by atoms with van der Waals surface area (Å²) < 4.78 is 5.16. The predicted molar refractivity (Wildman–Crippen MR) is 49.7 cm³/mol. The van der Waals surface area contributed by atoms with Crippen molar-refractivity contribution in [2.75, 3.05) is 7.11 Å². The summed E-state index contributed by atoms with van der Waals surface area (Å²) in [6, 6.07) is 4.04. The van der Waals surface area contributed by atoms with Gasteiger partial charge in [-0.15, -0.1) is 12.6 Å². The van der Waals surface area contributed by atoms with Crippen molar-refractivity contribution >= 4 is 12.6 Å². The Morgan fingerprint density at radius 3 is 2.45 bits per heavy atom. The summed E-state index contributed by atoms with van der Waals surface area (Å²) >= 11 is 4.31. The Morgan fingerprint density at radius 2 is 1.91 bits per heavy atom. The van der Waals surface area contributed by atoms with Crippen LogP contribution in [0.25, 0.3) is 0 Å². The number of rotatable bonds is 1. The second-order valence-electron chi connectivity index (χ2n) is 2.61. The molecular weight excluding hydrogens is 156 g/mol. The van der Waals surface area contributed by atoms with Crippen LogP contribution in [0.3, 0.4) is 0 Å². The molecule has 0 unspecified atom stereocenters. The van der Waals surface area contributed by atoms with Gasteiger partial charge >= 0.3 is 0 Å². The van der Waals surface area contributed by atoms with Crippen LogP contribution in [0.15, 0.2) is 17.0 Å². The van der Waals surface area contributed by atoms with Gasteiger partial charge in [0.15, 0.2) is 0 Å². The van der Waals surface area contributed by atoms with Crippen molar-refractivity contribution in [2.45, 2.75) is 18.7 Å². The van der Waals surface area contributed by atoms with Crippen LogP contribution < -0.4 is 4.74 Å². The summed E-state index contributed by atoms with van der Waals surface area (Å²) in [4.78, 5) is 0.988. The summed E-state index contributed by atoms with van der Waals surface area (Å²) in [5.74, 6) is 0.912. The van der Waals surface area contributed by atoms with E-state index in [0.29, 0.717) is 0 Å². The van der Waals surface area contributed by atoms with Crippen LogP contribution >= 0.6 is 12.6 Å². The molecule has 0 amide bonds. The van der Waals surface area contributed by atoms with Gasteiger partial charge in [-0.1, -0.05) is 0 Å². The fraction of sp³-hybridized carbons (Fsp3) is 0.333. The molecule has 0 aliphatic carbocycles. The van der Waals surface area contributed by atoms with Gasteiger partial charge in [-0.25, -0.2) is 0 Å². The normalized spacial score (nSPS) is 9.82. The molecular formula is C9H12OS. The molecule has 0 saturated heterocycles. The van der Waals surface area contributed by atoms with Gasteiger partial charge in [0.05, 0.1) is 7.11 Å². The number of thiol groups is 1. The highest BCUT2D eigenvalue weighted by molar-refractivity contribution is 7.80. The molecule has 1 nitrogen and oxygen atoms in total. The van der Waals surface area contributed by atoms with Gasteiger partial charge < -0.3 is 4.74 Å². The van der Waals surface area contributed by atoms with E-state index in [9.17, 15) is 0 Å². The molecule has 0 saturated carbocycles. The maximum atomic E-state index is 5.16. The molecule has 0 aromatic heterocycles. The third kappa shape index (κ3) is 1.69. The van der Waals surface area contributed by atoms with Gasteiger partial charge in [0, 0.05) is 10.5 Å². The van der Waals surface area contributed by atoms with E-state index in [2.05, 4.69) is 12.6 Å². The average Bonchev–Trinajstić information content (AvgIpc) is 1.96. The van der Waals surface area contributed by atoms with Gasteiger partial charge in [-0.3, -0.25) is 0 Å². The minimum absolute atomic E-state index is 0.912. The molecule has 1 aromatic carbocycles. The van der Waals surface area contributed by atoms with Crippen molar-refractivity contribution in [3.63, 3.8) is 0 Å². The molecule has 1 aromatic rings. The molecule has 0 aliphatic rings. The lowest BCUT2D eigenvalue weighted by Crippen LogP contribution is -1.89. The number of aryl methyl sites for hydroxylation is 1. The second kappa shape index (κ2) is 3.18. The molecule has 0 N–H and O–H groups in total. The first kappa shape index (κ1) is 8.47. The Hall–Kier alpha value is -0.630. The van der Waals surface area contributed by atoms with E-state index in [-0.39, 0.29) is 0 Å². The molecule has 0 bridgehead atoms. The molecule has 11 heavy (non-hydrogen) atoms. The van der Waals surface area contributed by atoms with E-state index in [4.69, 9.17) is 4.74 Å². The number of hydrogen-bond acceptors (Lipinski definition) is 2. The standard InChI is InChI=1S/C9H12OS/c1-6-4-8(10-3)7(2)9(11)5-6/h4-5,11H,1-3H3. The van der Waals surface area contributed by atoms with E-state index >= 15 is 0 Å². The topological polar surface area (TPSA) is 9.23 Å². The zero-order valence-corrected chi connectivity index (χ0v) is 7.90. The lowest BCUT2D eigenvalue weighted by molar-refractivity contribution is 0.410. The molecule has 2 heteroatoms. The third-order valence-electron chi connectivity index (χ3n) is 1.70. The van der Waals surface area contributed by atoms with E-state index in [1.807, 2.05) is 26.0 Å². The van der Waals surface area contributed by atoms with Crippen molar-refractivity contribution in [3.05, 3.63) is 23.3 Å². The summed E-state index contributed by atoms with van der Waals surface area (Å²) in [5, 5.41) is 0. The second-order valence-corrected chi connectivity index (χ2v) is 3.09. The first-order valence-electron chi connectivity index (χ1n) is 3.49. The predicted octanol–water partition coefficient (Wildman–Crippen LogP) is 2.60. The maximum Gasteiger partial charge on any atom is 0.123 e. The SMILES string of the molecule is COc1cc(C)cc(S)c1C. The monoisotopic (exact) mass is 168 g/mol. The minimum Gasteiger partial charge on any atom is -0.496 e. The van der Waals surface area contributed by atoms with Gasteiger partial charge in [0.2, 0.25) is 0 Å². The maximum absolute atomic E-state index is 5.16. The summed E-state index contributed by atoms with van der Waals surface area (Å²) in [6.07, 6.45) is 0. The Kier molecular flexibility index (Phi) is 2.45. The van der Waals surface area contributed by atoms with Gasteiger partial charge in [-0.05, 0) is 31.5 Å². The van der Waals surface area contributed by atoms with Crippen molar-refractivity contribution in [1.82, 2.24) is 0 Å². The van der Waals surface area contributed by atoms with Crippen LogP contribution in [0, 0.1) is 13.8 Å². The van der Waals surface area contributed by atoms with Crippen LogP contribution in [0.5, 0.6) is 5.75 Å². The van der Waals surface area contributed by atoms with Crippen LogP contribution in [0.4, 0.5) is 0 Å².